The molecule has 0 bridgehead atoms. The number of nitrogens with zero attached hydrogens (tertiary/aromatic N) is 1. The van der Waals surface area contributed by atoms with Gasteiger partial charge < -0.3 is 11.1 Å². The van der Waals surface area contributed by atoms with E-state index >= 15 is 0 Å². The zero-order valence-electron chi connectivity index (χ0n) is 10.5. The third-order valence-electron chi connectivity index (χ3n) is 2.82. The Morgan fingerprint density at radius 1 is 1.37 bits per heavy atom. The van der Waals surface area contributed by atoms with Gasteiger partial charge in [0.1, 0.15) is 5.52 Å². The number of nitrogens with two attached hydrogens (primary N) is 1. The van der Waals surface area contributed by atoms with Crippen LogP contribution in [-0.4, -0.2) is 17.4 Å². The third-order valence-corrected chi connectivity index (χ3v) is 3.93. The maximum atomic E-state index is 11.9. The van der Waals surface area contributed by atoms with Gasteiger partial charge in [-0.3, -0.25) is 4.79 Å². The van der Waals surface area contributed by atoms with E-state index in [1.165, 1.54) is 11.3 Å². The van der Waals surface area contributed by atoms with Crippen LogP contribution in [0.15, 0.2) is 17.6 Å². The molecule has 2 rings (SSSR count). The summed E-state index contributed by atoms with van der Waals surface area (Å²) in [6, 6.07) is 3.69. The van der Waals surface area contributed by atoms with Gasteiger partial charge in [0.05, 0.1) is 20.9 Å². The van der Waals surface area contributed by atoms with Gasteiger partial charge in [0.2, 0.25) is 5.91 Å². The first-order valence-corrected chi connectivity index (χ1v) is 7.49. The van der Waals surface area contributed by atoms with Crippen LogP contribution >= 0.6 is 22.9 Å². The molecular weight excluding hydrogens is 282 g/mol. The number of aromatic nitrogens is 1. The van der Waals surface area contributed by atoms with Crippen molar-refractivity contribution in [3.05, 3.63) is 22.7 Å². The van der Waals surface area contributed by atoms with Crippen molar-refractivity contribution in [2.45, 2.75) is 25.7 Å². The number of hydrogen-bond acceptors (Lipinski definition) is 4. The van der Waals surface area contributed by atoms with Crippen molar-refractivity contribution in [3.63, 3.8) is 0 Å². The van der Waals surface area contributed by atoms with Crippen molar-refractivity contribution in [2.75, 3.05) is 11.9 Å². The molecule has 6 heteroatoms. The lowest BCUT2D eigenvalue weighted by Gasteiger charge is -2.08. The van der Waals surface area contributed by atoms with E-state index in [0.29, 0.717) is 23.7 Å². The van der Waals surface area contributed by atoms with Gasteiger partial charge in [-0.25, -0.2) is 4.98 Å². The molecular formula is C13H16ClN3OS. The molecule has 1 amide bonds. The summed E-state index contributed by atoms with van der Waals surface area (Å²) in [5.74, 6) is -0.0283. The molecule has 0 unspecified atom stereocenters. The summed E-state index contributed by atoms with van der Waals surface area (Å²) in [5.41, 5.74) is 8.53. The van der Waals surface area contributed by atoms with Crippen LogP contribution in [0.25, 0.3) is 10.2 Å². The maximum Gasteiger partial charge on any atom is 0.224 e. The number of benzene rings is 1. The Morgan fingerprint density at radius 2 is 2.21 bits per heavy atom. The molecule has 0 aliphatic heterocycles. The van der Waals surface area contributed by atoms with E-state index < -0.39 is 0 Å². The van der Waals surface area contributed by atoms with Crippen LogP contribution in [0.3, 0.4) is 0 Å². The fraction of sp³-hybridized carbons (Fsp3) is 0.385. The molecule has 4 nitrogen and oxygen atoms in total. The molecule has 1 heterocycles. The number of nitrogens with one attached hydrogen (secondary N) is 1. The molecule has 0 spiro atoms. The molecule has 0 fully saturated rings. The van der Waals surface area contributed by atoms with Crippen molar-refractivity contribution >= 4 is 44.7 Å². The molecule has 0 radical (unpaired) electrons. The zero-order valence-corrected chi connectivity index (χ0v) is 12.1. The molecule has 0 saturated heterocycles. The van der Waals surface area contributed by atoms with Crippen LogP contribution in [-0.2, 0) is 4.79 Å². The lowest BCUT2D eigenvalue weighted by molar-refractivity contribution is -0.116. The molecule has 102 valence electrons. The van der Waals surface area contributed by atoms with Crippen LogP contribution in [0.2, 0.25) is 5.02 Å². The Hall–Kier alpha value is -1.17. The molecule has 0 aliphatic carbocycles. The summed E-state index contributed by atoms with van der Waals surface area (Å²) < 4.78 is 1.02. The smallest absolute Gasteiger partial charge is 0.224 e. The van der Waals surface area contributed by atoms with Gasteiger partial charge >= 0.3 is 0 Å². The molecule has 0 atom stereocenters. The van der Waals surface area contributed by atoms with Gasteiger partial charge in [0, 0.05) is 6.42 Å². The quantitative estimate of drug-likeness (QED) is 0.803. The maximum absolute atomic E-state index is 11.9. The number of amides is 1. The Labute approximate surface area is 121 Å². The zero-order chi connectivity index (χ0) is 13.7. The Bertz CT molecular complexity index is 570. The second kappa shape index (κ2) is 6.84. The van der Waals surface area contributed by atoms with E-state index in [1.54, 1.807) is 11.6 Å². The predicted octanol–water partition coefficient (Wildman–Crippen LogP) is 3.41. The van der Waals surface area contributed by atoms with E-state index in [9.17, 15) is 4.79 Å². The van der Waals surface area contributed by atoms with Crippen molar-refractivity contribution in [2.24, 2.45) is 5.73 Å². The first-order chi connectivity index (χ1) is 9.22. The number of carbonyl (C=O) groups excluding carboxylic acids is 1. The minimum atomic E-state index is -0.0283. The van der Waals surface area contributed by atoms with Crippen LogP contribution in [0.1, 0.15) is 25.7 Å². The van der Waals surface area contributed by atoms with E-state index in [2.05, 4.69) is 10.3 Å². The molecule has 3 N–H and O–H groups in total. The fourth-order valence-corrected chi connectivity index (χ4v) is 2.72. The predicted molar refractivity (Wildman–Crippen MR) is 80.8 cm³/mol. The van der Waals surface area contributed by atoms with Gasteiger partial charge in [-0.2, -0.15) is 0 Å². The number of carbonyl (C=O) groups is 1. The summed E-state index contributed by atoms with van der Waals surface area (Å²) in [7, 11) is 0. The number of thiazole rings is 1. The summed E-state index contributed by atoms with van der Waals surface area (Å²) in [6.45, 7) is 0.672. The lowest BCUT2D eigenvalue weighted by atomic mass is 10.2. The SMILES string of the molecule is NCCCCCC(=O)Nc1c(Cl)ccc2scnc12. The summed E-state index contributed by atoms with van der Waals surface area (Å²) in [4.78, 5) is 16.1. The van der Waals surface area contributed by atoms with Gasteiger partial charge in [0.15, 0.2) is 0 Å². The Morgan fingerprint density at radius 3 is 3.00 bits per heavy atom. The lowest BCUT2D eigenvalue weighted by Crippen LogP contribution is -2.12. The van der Waals surface area contributed by atoms with E-state index in [1.807, 2.05) is 6.07 Å². The second-order valence-corrected chi connectivity index (χ2v) is 5.56. The number of rotatable bonds is 6. The molecule has 2 aromatic rings. The van der Waals surface area contributed by atoms with Crippen LogP contribution in [0, 0.1) is 0 Å². The van der Waals surface area contributed by atoms with Gasteiger partial charge in [-0.1, -0.05) is 18.0 Å². The highest BCUT2D eigenvalue weighted by atomic mass is 35.5. The first-order valence-electron chi connectivity index (χ1n) is 6.24. The highest BCUT2D eigenvalue weighted by Crippen LogP contribution is 2.32. The highest BCUT2D eigenvalue weighted by molar-refractivity contribution is 7.16. The van der Waals surface area contributed by atoms with Crippen LogP contribution < -0.4 is 11.1 Å². The standard InChI is InChI=1S/C13H16ClN3OS/c14-9-5-6-10-13(16-8-19-10)12(9)17-11(18)4-2-1-3-7-15/h5-6,8H,1-4,7,15H2,(H,17,18). The normalized spacial score (nSPS) is 10.8. The van der Waals surface area contributed by atoms with Gasteiger partial charge in [-0.05, 0) is 31.5 Å². The molecule has 1 aromatic heterocycles. The van der Waals surface area contributed by atoms with Crippen LogP contribution in [0.4, 0.5) is 5.69 Å². The Balaban J connectivity index is 2.02. The largest absolute Gasteiger partial charge is 0.330 e. The Kier molecular flexibility index (Phi) is 5.13. The third kappa shape index (κ3) is 3.65. The summed E-state index contributed by atoms with van der Waals surface area (Å²) in [5, 5.41) is 3.38. The van der Waals surface area contributed by atoms with Crippen molar-refractivity contribution in [1.82, 2.24) is 4.98 Å². The summed E-state index contributed by atoms with van der Waals surface area (Å²) >= 11 is 7.65. The average Bonchev–Trinajstić information content (AvgIpc) is 2.87. The van der Waals surface area contributed by atoms with Gasteiger partial charge in [-0.15, -0.1) is 11.3 Å². The number of anilines is 1. The van der Waals surface area contributed by atoms with E-state index in [4.69, 9.17) is 17.3 Å². The minimum absolute atomic E-state index is 0.0283. The van der Waals surface area contributed by atoms with E-state index in [0.717, 1.165) is 29.5 Å². The van der Waals surface area contributed by atoms with Crippen molar-refractivity contribution in [3.8, 4) is 0 Å². The number of fused-ring (bicyclic) bond motifs is 1. The number of unbranched alkanes of at least 4 members (excludes halogenated alkanes) is 2. The van der Waals surface area contributed by atoms with E-state index in [-0.39, 0.29) is 5.91 Å². The number of halogens is 1. The second-order valence-electron chi connectivity index (χ2n) is 4.27. The van der Waals surface area contributed by atoms with Crippen molar-refractivity contribution < 1.29 is 4.79 Å². The van der Waals surface area contributed by atoms with Gasteiger partial charge in [0.25, 0.3) is 0 Å². The van der Waals surface area contributed by atoms with Crippen LogP contribution in [0.5, 0.6) is 0 Å². The average molecular weight is 298 g/mol. The molecule has 0 saturated carbocycles. The topological polar surface area (TPSA) is 68.0 Å². The fourth-order valence-electron chi connectivity index (χ4n) is 1.83. The highest BCUT2D eigenvalue weighted by Gasteiger charge is 2.11. The number of hydrogen-bond donors (Lipinski definition) is 2. The monoisotopic (exact) mass is 297 g/mol. The van der Waals surface area contributed by atoms with Crippen molar-refractivity contribution in [1.29, 1.82) is 0 Å². The molecule has 1 aromatic carbocycles. The molecule has 0 aliphatic rings. The first kappa shape index (κ1) is 14.2. The summed E-state index contributed by atoms with van der Waals surface area (Å²) in [6.07, 6.45) is 3.25. The molecule has 19 heavy (non-hydrogen) atoms. The minimum Gasteiger partial charge on any atom is -0.330 e.